The van der Waals surface area contributed by atoms with E-state index < -0.39 is 0 Å². The quantitative estimate of drug-likeness (QED) is 0.348. The zero-order valence-electron chi connectivity index (χ0n) is 16.7. The Morgan fingerprint density at radius 1 is 1.00 bits per heavy atom. The maximum atomic E-state index is 12.2. The van der Waals surface area contributed by atoms with Gasteiger partial charge in [-0.3, -0.25) is 9.69 Å². The number of hydrogen-bond donors (Lipinski definition) is 0. The van der Waals surface area contributed by atoms with Crippen LogP contribution in [0, 0.1) is 0 Å². The van der Waals surface area contributed by atoms with Gasteiger partial charge < -0.3 is 4.74 Å². The van der Waals surface area contributed by atoms with Crippen LogP contribution in [0.1, 0.15) is 50.2 Å². The summed E-state index contributed by atoms with van der Waals surface area (Å²) in [6.07, 6.45) is 4.84. The summed E-state index contributed by atoms with van der Waals surface area (Å²) in [5.41, 5.74) is 5.29. The summed E-state index contributed by atoms with van der Waals surface area (Å²) in [5, 5.41) is 0. The largest absolute Gasteiger partial charge is 0.427 e. The van der Waals surface area contributed by atoms with Gasteiger partial charge in [-0.1, -0.05) is 56.1 Å². The van der Waals surface area contributed by atoms with E-state index in [2.05, 4.69) is 55.3 Å². The minimum absolute atomic E-state index is 0.127. The average Bonchev–Trinajstić information content (AvgIpc) is 3.03. The fraction of sp³-hybridized carbons (Fsp3) is 0.375. The Hall–Kier alpha value is -2.04. The summed E-state index contributed by atoms with van der Waals surface area (Å²) in [4.78, 5) is 17.1. The van der Waals surface area contributed by atoms with E-state index in [1.807, 2.05) is 17.8 Å². The maximum Gasteiger partial charge on any atom is 0.311 e. The fourth-order valence-corrected chi connectivity index (χ4v) is 5.09. The molecule has 146 valence electrons. The molecule has 0 unspecified atom stereocenters. The fourth-order valence-electron chi connectivity index (χ4n) is 3.98. The van der Waals surface area contributed by atoms with E-state index in [0.717, 1.165) is 25.9 Å². The predicted molar refractivity (Wildman–Crippen MR) is 116 cm³/mol. The molecule has 0 fully saturated rings. The van der Waals surface area contributed by atoms with E-state index in [0.29, 0.717) is 12.2 Å². The van der Waals surface area contributed by atoms with E-state index in [4.69, 9.17) is 4.74 Å². The van der Waals surface area contributed by atoms with E-state index in [1.165, 1.54) is 44.9 Å². The van der Waals surface area contributed by atoms with Gasteiger partial charge in [0.1, 0.15) is 5.75 Å². The molecule has 2 aliphatic heterocycles. The zero-order valence-corrected chi connectivity index (χ0v) is 17.5. The molecule has 0 bridgehead atoms. The van der Waals surface area contributed by atoms with Crippen molar-refractivity contribution in [3.63, 3.8) is 0 Å². The summed E-state index contributed by atoms with van der Waals surface area (Å²) in [5.74, 6) is 0.533. The molecule has 0 saturated heterocycles. The van der Waals surface area contributed by atoms with Crippen LogP contribution in [0.3, 0.4) is 0 Å². The number of rotatable bonds is 6. The first-order chi connectivity index (χ1) is 13.7. The Morgan fingerprint density at radius 2 is 1.75 bits per heavy atom. The number of likely N-dealkylation sites (N-methyl/N-ethyl adjacent to an activating group) is 1. The monoisotopic (exact) mass is 393 g/mol. The molecule has 0 aromatic heterocycles. The van der Waals surface area contributed by atoms with Gasteiger partial charge in [0.15, 0.2) is 0 Å². The summed E-state index contributed by atoms with van der Waals surface area (Å²) in [6, 6.07) is 14.7. The minimum Gasteiger partial charge on any atom is -0.427 e. The number of hydrogen-bond acceptors (Lipinski definition) is 4. The first-order valence-corrected chi connectivity index (χ1v) is 11.0. The van der Waals surface area contributed by atoms with E-state index in [-0.39, 0.29) is 5.97 Å². The molecule has 28 heavy (non-hydrogen) atoms. The third-order valence-electron chi connectivity index (χ3n) is 5.39. The molecule has 2 aliphatic rings. The first-order valence-electron chi connectivity index (χ1n) is 10.2. The van der Waals surface area contributed by atoms with Crippen molar-refractivity contribution in [2.45, 2.75) is 48.8 Å². The van der Waals surface area contributed by atoms with Gasteiger partial charge in [0, 0.05) is 29.3 Å². The number of nitrogens with zero attached hydrogens (tertiary/aromatic N) is 1. The SMILES string of the molecule is CCCCCCC(=O)Oc1ccc2c(c1)C1=C(CN(C)C1)c1ccccc1S2. The second-order valence-electron chi connectivity index (χ2n) is 7.67. The highest BCUT2D eigenvalue weighted by Gasteiger charge is 2.28. The topological polar surface area (TPSA) is 29.5 Å². The third kappa shape index (κ3) is 4.03. The normalized spacial score (nSPS) is 15.6. The van der Waals surface area contributed by atoms with Crippen molar-refractivity contribution in [3.8, 4) is 5.75 Å². The van der Waals surface area contributed by atoms with Crippen LogP contribution in [0.25, 0.3) is 11.1 Å². The van der Waals surface area contributed by atoms with Gasteiger partial charge in [0.05, 0.1) is 0 Å². The smallest absolute Gasteiger partial charge is 0.311 e. The molecular weight excluding hydrogens is 366 g/mol. The summed E-state index contributed by atoms with van der Waals surface area (Å²) >= 11 is 1.81. The van der Waals surface area contributed by atoms with E-state index in [9.17, 15) is 4.79 Å². The molecule has 0 aliphatic carbocycles. The second-order valence-corrected chi connectivity index (χ2v) is 8.75. The van der Waals surface area contributed by atoms with Crippen LogP contribution >= 0.6 is 11.8 Å². The number of unbranched alkanes of at least 4 members (excludes halogenated alkanes) is 3. The molecule has 0 amide bonds. The van der Waals surface area contributed by atoms with Crippen LogP contribution in [0.15, 0.2) is 52.3 Å². The molecule has 2 aromatic rings. The molecule has 3 nitrogen and oxygen atoms in total. The molecule has 0 atom stereocenters. The van der Waals surface area contributed by atoms with Gasteiger partial charge in [-0.15, -0.1) is 0 Å². The molecule has 4 rings (SSSR count). The lowest BCUT2D eigenvalue weighted by molar-refractivity contribution is -0.134. The molecule has 2 heterocycles. The van der Waals surface area contributed by atoms with Gasteiger partial charge in [-0.25, -0.2) is 0 Å². The molecule has 0 spiro atoms. The van der Waals surface area contributed by atoms with Crippen molar-refractivity contribution in [3.05, 3.63) is 53.6 Å². The van der Waals surface area contributed by atoms with Gasteiger partial charge in [-0.05, 0) is 60.0 Å². The molecule has 2 aromatic carbocycles. The van der Waals surface area contributed by atoms with Crippen molar-refractivity contribution in [1.29, 1.82) is 0 Å². The average molecular weight is 394 g/mol. The number of carbonyl (C=O) groups excluding carboxylic acids is 1. The van der Waals surface area contributed by atoms with E-state index >= 15 is 0 Å². The molecule has 4 heteroatoms. The van der Waals surface area contributed by atoms with Gasteiger partial charge >= 0.3 is 5.97 Å². The Kier molecular flexibility index (Phi) is 5.88. The number of esters is 1. The highest BCUT2D eigenvalue weighted by atomic mass is 32.2. The number of ether oxygens (including phenoxy) is 1. The molecule has 0 radical (unpaired) electrons. The van der Waals surface area contributed by atoms with Crippen LogP contribution < -0.4 is 4.74 Å². The lowest BCUT2D eigenvalue weighted by atomic mass is 9.97. The second kappa shape index (κ2) is 8.54. The van der Waals surface area contributed by atoms with Crippen LogP contribution in [0.5, 0.6) is 5.75 Å². The number of benzene rings is 2. The lowest BCUT2D eigenvalue weighted by Crippen LogP contribution is -2.15. The van der Waals surface area contributed by atoms with Gasteiger partial charge in [0.2, 0.25) is 0 Å². The summed E-state index contributed by atoms with van der Waals surface area (Å²) in [6.45, 7) is 4.05. The van der Waals surface area contributed by atoms with Crippen LogP contribution in [-0.2, 0) is 4.79 Å². The molecular formula is C24H27NO2S. The zero-order chi connectivity index (χ0) is 19.5. The minimum atomic E-state index is -0.127. The maximum absolute atomic E-state index is 12.2. The van der Waals surface area contributed by atoms with Crippen LogP contribution in [-0.4, -0.2) is 31.0 Å². The lowest BCUT2D eigenvalue weighted by Gasteiger charge is -2.14. The Morgan fingerprint density at radius 3 is 2.57 bits per heavy atom. The predicted octanol–water partition coefficient (Wildman–Crippen LogP) is 5.88. The van der Waals surface area contributed by atoms with Crippen molar-refractivity contribution < 1.29 is 9.53 Å². The standard InChI is InChI=1S/C24H27NO2S/c1-3-4-5-6-11-24(26)27-17-12-13-23-19(14-17)21-16-25(2)15-20(21)18-9-7-8-10-22(18)28-23/h7-10,12-14H,3-6,11,15-16H2,1-2H3. The van der Waals surface area contributed by atoms with Crippen LogP contribution in [0.2, 0.25) is 0 Å². The third-order valence-corrected chi connectivity index (χ3v) is 6.55. The van der Waals surface area contributed by atoms with Gasteiger partial charge in [0.25, 0.3) is 0 Å². The number of fused-ring (bicyclic) bond motifs is 4. The summed E-state index contributed by atoms with van der Waals surface area (Å²) < 4.78 is 5.67. The van der Waals surface area contributed by atoms with Crippen molar-refractivity contribution in [2.75, 3.05) is 20.1 Å². The summed E-state index contributed by atoms with van der Waals surface area (Å²) in [7, 11) is 2.16. The highest BCUT2D eigenvalue weighted by molar-refractivity contribution is 7.99. The Bertz CT molecular complexity index is 919. The Labute approximate surface area is 171 Å². The molecule has 0 saturated carbocycles. The number of carbonyl (C=O) groups is 1. The van der Waals surface area contributed by atoms with E-state index in [1.54, 1.807) is 0 Å². The highest BCUT2D eigenvalue weighted by Crippen LogP contribution is 2.47. The van der Waals surface area contributed by atoms with Crippen molar-refractivity contribution in [1.82, 2.24) is 4.90 Å². The first kappa shape index (κ1) is 19.3. The van der Waals surface area contributed by atoms with Gasteiger partial charge in [-0.2, -0.15) is 0 Å². The van der Waals surface area contributed by atoms with Crippen LogP contribution in [0.4, 0.5) is 0 Å². The molecule has 0 N–H and O–H groups in total. The van der Waals surface area contributed by atoms with Crippen molar-refractivity contribution >= 4 is 28.9 Å². The Balaban J connectivity index is 1.60. The van der Waals surface area contributed by atoms with Crippen molar-refractivity contribution in [2.24, 2.45) is 0 Å².